The maximum absolute atomic E-state index is 12.1. The van der Waals surface area contributed by atoms with Gasteiger partial charge in [-0.2, -0.15) is 0 Å². The predicted molar refractivity (Wildman–Crippen MR) is 66.7 cm³/mol. The highest BCUT2D eigenvalue weighted by Gasteiger charge is 2.47. The average Bonchev–Trinajstić information content (AvgIpc) is 3.11. The van der Waals surface area contributed by atoms with Crippen LogP contribution in [-0.4, -0.2) is 52.6 Å². The summed E-state index contributed by atoms with van der Waals surface area (Å²) in [4.78, 5) is 24.3. The van der Waals surface area contributed by atoms with Crippen LogP contribution in [0.3, 0.4) is 0 Å². The minimum atomic E-state index is -0.724. The summed E-state index contributed by atoms with van der Waals surface area (Å²) in [6.45, 7) is 1.69. The molecule has 0 aromatic heterocycles. The number of fused-ring (bicyclic) bond motifs is 2. The van der Waals surface area contributed by atoms with Crippen LogP contribution in [0.25, 0.3) is 0 Å². The molecule has 2 heterocycles. The van der Waals surface area contributed by atoms with E-state index in [9.17, 15) is 9.59 Å². The summed E-state index contributed by atoms with van der Waals surface area (Å²) in [6, 6.07) is 0. The van der Waals surface area contributed by atoms with Gasteiger partial charge in [-0.3, -0.25) is 4.79 Å². The van der Waals surface area contributed by atoms with Crippen molar-refractivity contribution in [1.82, 2.24) is 0 Å². The van der Waals surface area contributed by atoms with E-state index in [0.717, 1.165) is 16.7 Å². The molecule has 0 aromatic carbocycles. The zero-order valence-electron chi connectivity index (χ0n) is 11.4. The normalized spacial score (nSPS) is 28.3. The Hall–Kier alpha value is -1.66. The van der Waals surface area contributed by atoms with Crippen LogP contribution in [0.1, 0.15) is 0 Å². The van der Waals surface area contributed by atoms with E-state index in [1.165, 1.54) is 14.2 Å². The molecule has 1 fully saturated rings. The van der Waals surface area contributed by atoms with E-state index in [0.29, 0.717) is 32.0 Å². The third-order valence-corrected chi connectivity index (χ3v) is 4.14. The van der Waals surface area contributed by atoms with Gasteiger partial charge in [0.1, 0.15) is 5.92 Å². The van der Waals surface area contributed by atoms with Crippen LogP contribution in [0.4, 0.5) is 0 Å². The van der Waals surface area contributed by atoms with Crippen LogP contribution in [0.15, 0.2) is 22.3 Å². The van der Waals surface area contributed by atoms with Crippen molar-refractivity contribution < 1.29 is 28.5 Å². The molecule has 108 valence electrons. The summed E-state index contributed by atoms with van der Waals surface area (Å²) >= 11 is 0. The van der Waals surface area contributed by atoms with Crippen molar-refractivity contribution >= 4 is 11.9 Å². The molecule has 20 heavy (non-hydrogen) atoms. The van der Waals surface area contributed by atoms with Gasteiger partial charge in [-0.05, 0) is 16.7 Å². The van der Waals surface area contributed by atoms with E-state index >= 15 is 0 Å². The second-order valence-corrected chi connectivity index (χ2v) is 5.00. The zero-order valence-corrected chi connectivity index (χ0v) is 11.4. The summed E-state index contributed by atoms with van der Waals surface area (Å²) in [5.74, 6) is -1.65. The fourth-order valence-corrected chi connectivity index (χ4v) is 3.21. The van der Waals surface area contributed by atoms with Crippen molar-refractivity contribution in [2.24, 2.45) is 11.8 Å². The van der Waals surface area contributed by atoms with Gasteiger partial charge in [0.25, 0.3) is 0 Å². The lowest BCUT2D eigenvalue weighted by Crippen LogP contribution is -2.33. The van der Waals surface area contributed by atoms with Crippen LogP contribution in [0.2, 0.25) is 0 Å². The van der Waals surface area contributed by atoms with Gasteiger partial charge in [-0.1, -0.05) is 0 Å². The lowest BCUT2D eigenvalue weighted by molar-refractivity contribution is -0.146. The SMILES string of the molecule is COC(=O)C1=C2COC[C@H]2C2=C(COC2)[C@@H]1C(=O)OC. The molecule has 0 N–H and O–H groups in total. The molecule has 0 bridgehead atoms. The Morgan fingerprint density at radius 1 is 1.00 bits per heavy atom. The molecular weight excluding hydrogens is 264 g/mol. The van der Waals surface area contributed by atoms with Gasteiger partial charge in [0, 0.05) is 5.92 Å². The first kappa shape index (κ1) is 13.3. The summed E-state index contributed by atoms with van der Waals surface area (Å²) < 4.78 is 20.7. The number of carbonyl (C=O) groups excluding carboxylic acids is 2. The molecule has 0 spiro atoms. The van der Waals surface area contributed by atoms with Crippen molar-refractivity contribution in [3.63, 3.8) is 0 Å². The van der Waals surface area contributed by atoms with Gasteiger partial charge in [-0.25, -0.2) is 4.79 Å². The molecule has 1 saturated heterocycles. The van der Waals surface area contributed by atoms with Crippen LogP contribution < -0.4 is 0 Å². The Balaban J connectivity index is 2.13. The molecular formula is C14H16O6. The second kappa shape index (κ2) is 5.03. The molecule has 6 nitrogen and oxygen atoms in total. The van der Waals surface area contributed by atoms with E-state index in [-0.39, 0.29) is 5.92 Å². The number of ether oxygens (including phenoxy) is 4. The molecule has 3 rings (SSSR count). The Morgan fingerprint density at radius 2 is 1.70 bits per heavy atom. The smallest absolute Gasteiger partial charge is 0.335 e. The number of esters is 2. The highest BCUT2D eigenvalue weighted by atomic mass is 16.5. The van der Waals surface area contributed by atoms with Crippen molar-refractivity contribution in [1.29, 1.82) is 0 Å². The third-order valence-electron chi connectivity index (χ3n) is 4.14. The van der Waals surface area contributed by atoms with Crippen LogP contribution in [0, 0.1) is 11.8 Å². The molecule has 0 saturated carbocycles. The van der Waals surface area contributed by atoms with Gasteiger partial charge >= 0.3 is 11.9 Å². The van der Waals surface area contributed by atoms with Crippen LogP contribution in [0.5, 0.6) is 0 Å². The van der Waals surface area contributed by atoms with E-state index in [2.05, 4.69) is 0 Å². The molecule has 6 heteroatoms. The maximum Gasteiger partial charge on any atom is 0.335 e. The summed E-state index contributed by atoms with van der Waals surface area (Å²) in [7, 11) is 2.62. The molecule has 0 aromatic rings. The topological polar surface area (TPSA) is 71.1 Å². The monoisotopic (exact) mass is 280 g/mol. The summed E-state index contributed by atoms with van der Waals surface area (Å²) in [6.07, 6.45) is 0. The Kier molecular flexibility index (Phi) is 3.35. The second-order valence-electron chi connectivity index (χ2n) is 5.00. The molecule has 3 aliphatic rings. The quantitative estimate of drug-likeness (QED) is 0.533. The van der Waals surface area contributed by atoms with E-state index in [1.54, 1.807) is 0 Å². The minimum absolute atomic E-state index is 0.0301. The van der Waals surface area contributed by atoms with Crippen LogP contribution >= 0.6 is 0 Å². The number of hydrogen-bond donors (Lipinski definition) is 0. The first-order valence-electron chi connectivity index (χ1n) is 6.45. The first-order valence-corrected chi connectivity index (χ1v) is 6.45. The maximum atomic E-state index is 12.1. The zero-order chi connectivity index (χ0) is 14.3. The van der Waals surface area contributed by atoms with Crippen molar-refractivity contribution in [3.8, 4) is 0 Å². The van der Waals surface area contributed by atoms with E-state index in [4.69, 9.17) is 18.9 Å². The lowest BCUT2D eigenvalue weighted by Gasteiger charge is -2.28. The molecule has 0 amide bonds. The van der Waals surface area contributed by atoms with Crippen LogP contribution in [-0.2, 0) is 28.5 Å². The third kappa shape index (κ3) is 1.79. The highest BCUT2D eigenvalue weighted by molar-refractivity contribution is 5.99. The summed E-state index contributed by atoms with van der Waals surface area (Å²) in [5.41, 5.74) is 3.08. The van der Waals surface area contributed by atoms with Gasteiger partial charge in [0.05, 0.1) is 46.2 Å². The molecule has 2 atom stereocenters. The Bertz CT molecular complexity index is 530. The molecule has 0 unspecified atom stereocenters. The highest BCUT2D eigenvalue weighted by Crippen LogP contribution is 2.45. The number of hydrogen-bond acceptors (Lipinski definition) is 6. The predicted octanol–water partition coefficient (Wildman–Crippen LogP) is 0.232. The van der Waals surface area contributed by atoms with Crippen molar-refractivity contribution in [2.45, 2.75) is 0 Å². The Morgan fingerprint density at radius 3 is 2.40 bits per heavy atom. The molecule has 0 radical (unpaired) electrons. The lowest BCUT2D eigenvalue weighted by atomic mass is 9.74. The van der Waals surface area contributed by atoms with Gasteiger partial charge in [-0.15, -0.1) is 0 Å². The minimum Gasteiger partial charge on any atom is -0.468 e. The molecule has 2 aliphatic heterocycles. The van der Waals surface area contributed by atoms with Gasteiger partial charge in [0.2, 0.25) is 0 Å². The van der Waals surface area contributed by atoms with E-state index in [1.807, 2.05) is 0 Å². The number of carbonyl (C=O) groups is 2. The number of methoxy groups -OCH3 is 2. The fraction of sp³-hybridized carbons (Fsp3) is 0.571. The average molecular weight is 280 g/mol. The van der Waals surface area contributed by atoms with Crippen molar-refractivity contribution in [3.05, 3.63) is 22.3 Å². The summed E-state index contributed by atoms with van der Waals surface area (Å²) in [5, 5.41) is 0. The fourth-order valence-electron chi connectivity index (χ4n) is 3.21. The molecule has 1 aliphatic carbocycles. The largest absolute Gasteiger partial charge is 0.468 e. The standard InChI is InChI=1S/C14H16O6/c1-17-13(15)11-9-5-19-3-7(9)8-4-20-6-10(8)12(11)14(16)18-2/h7,12H,3-6H2,1-2H3/t7-,12-/m0/s1. The van der Waals surface area contributed by atoms with Crippen molar-refractivity contribution in [2.75, 3.05) is 40.6 Å². The number of rotatable bonds is 2. The van der Waals surface area contributed by atoms with E-state index < -0.39 is 17.9 Å². The first-order chi connectivity index (χ1) is 9.69. The van der Waals surface area contributed by atoms with Gasteiger partial charge < -0.3 is 18.9 Å². The van der Waals surface area contributed by atoms with Gasteiger partial charge in [0.15, 0.2) is 0 Å². The Labute approximate surface area is 116 Å².